The van der Waals surface area contributed by atoms with Crippen LogP contribution in [-0.4, -0.2) is 43.6 Å². The zero-order valence-corrected chi connectivity index (χ0v) is 12.6. The van der Waals surface area contributed by atoms with Gasteiger partial charge in [0.1, 0.15) is 0 Å². The van der Waals surface area contributed by atoms with Crippen LogP contribution in [-0.2, 0) is 16.1 Å². The van der Waals surface area contributed by atoms with Crippen molar-refractivity contribution in [1.29, 1.82) is 0 Å². The molecule has 0 unspecified atom stereocenters. The second-order valence-electron chi connectivity index (χ2n) is 6.26. The number of hydrogen-bond donors (Lipinski definition) is 1. The standard InChI is InChI=1S/C17H24N2O2/c1-13-16-11-19(10-15(16)9-18-17(13)20)7-8-21-12-14-5-3-2-4-6-14/h2-6,13,15-16H,7-12H2,1H3,(H,18,20)/t13-,15+,16+/m1/s1. The summed E-state index contributed by atoms with van der Waals surface area (Å²) in [5, 5.41) is 3.02. The Labute approximate surface area is 126 Å². The molecule has 2 saturated heterocycles. The second-order valence-corrected chi connectivity index (χ2v) is 6.26. The maximum absolute atomic E-state index is 11.7. The fourth-order valence-corrected chi connectivity index (χ4v) is 3.50. The summed E-state index contributed by atoms with van der Waals surface area (Å²) in [5.74, 6) is 1.51. The van der Waals surface area contributed by atoms with Crippen LogP contribution in [0.4, 0.5) is 0 Å². The number of likely N-dealkylation sites (tertiary alicyclic amines) is 1. The molecule has 0 saturated carbocycles. The van der Waals surface area contributed by atoms with Gasteiger partial charge in [0.2, 0.25) is 5.91 Å². The first kappa shape index (κ1) is 14.5. The summed E-state index contributed by atoms with van der Waals surface area (Å²) in [6.07, 6.45) is 0. The van der Waals surface area contributed by atoms with Crippen molar-refractivity contribution in [2.24, 2.45) is 17.8 Å². The van der Waals surface area contributed by atoms with E-state index in [1.807, 2.05) is 18.2 Å². The van der Waals surface area contributed by atoms with E-state index in [1.165, 1.54) is 5.56 Å². The molecule has 4 nitrogen and oxygen atoms in total. The predicted molar refractivity (Wildman–Crippen MR) is 81.7 cm³/mol. The average Bonchev–Trinajstić information content (AvgIpc) is 2.93. The number of fused-ring (bicyclic) bond motifs is 1. The van der Waals surface area contributed by atoms with E-state index in [-0.39, 0.29) is 11.8 Å². The van der Waals surface area contributed by atoms with E-state index in [0.717, 1.165) is 32.8 Å². The van der Waals surface area contributed by atoms with Crippen LogP contribution in [0.5, 0.6) is 0 Å². The molecule has 2 fully saturated rings. The first-order valence-corrected chi connectivity index (χ1v) is 7.86. The fourth-order valence-electron chi connectivity index (χ4n) is 3.50. The molecule has 3 atom stereocenters. The average molecular weight is 288 g/mol. The third-order valence-corrected chi connectivity index (χ3v) is 4.82. The molecular formula is C17H24N2O2. The van der Waals surface area contributed by atoms with E-state index in [2.05, 4.69) is 29.3 Å². The molecule has 0 bridgehead atoms. The van der Waals surface area contributed by atoms with Crippen molar-refractivity contribution in [3.63, 3.8) is 0 Å². The minimum Gasteiger partial charge on any atom is -0.375 e. The smallest absolute Gasteiger partial charge is 0.223 e. The minimum atomic E-state index is 0.152. The van der Waals surface area contributed by atoms with Crippen LogP contribution < -0.4 is 5.32 Å². The van der Waals surface area contributed by atoms with Gasteiger partial charge in [-0.3, -0.25) is 4.79 Å². The highest BCUT2D eigenvalue weighted by Gasteiger charge is 2.41. The van der Waals surface area contributed by atoms with Crippen molar-refractivity contribution in [1.82, 2.24) is 10.2 Å². The molecule has 3 rings (SSSR count). The van der Waals surface area contributed by atoms with E-state index < -0.39 is 0 Å². The topological polar surface area (TPSA) is 41.6 Å². The molecular weight excluding hydrogens is 264 g/mol. The molecule has 2 aliphatic rings. The van der Waals surface area contributed by atoms with Gasteiger partial charge in [-0.2, -0.15) is 0 Å². The number of benzene rings is 1. The SMILES string of the molecule is C[C@H]1C(=O)NC[C@H]2CN(CCOCc3ccccc3)C[C@H]21. The lowest BCUT2D eigenvalue weighted by molar-refractivity contribution is -0.128. The molecule has 1 aromatic carbocycles. The van der Waals surface area contributed by atoms with Crippen LogP contribution in [0.1, 0.15) is 12.5 Å². The fraction of sp³-hybridized carbons (Fsp3) is 0.588. The van der Waals surface area contributed by atoms with Crippen molar-refractivity contribution in [2.75, 3.05) is 32.8 Å². The molecule has 0 aliphatic carbocycles. The lowest BCUT2D eigenvalue weighted by atomic mass is 9.81. The number of rotatable bonds is 5. The number of hydrogen-bond acceptors (Lipinski definition) is 3. The molecule has 0 spiro atoms. The van der Waals surface area contributed by atoms with E-state index in [4.69, 9.17) is 4.74 Å². The molecule has 1 aromatic rings. The Morgan fingerprint density at radius 3 is 2.90 bits per heavy atom. The van der Waals surface area contributed by atoms with Crippen molar-refractivity contribution in [2.45, 2.75) is 13.5 Å². The molecule has 2 aliphatic heterocycles. The highest BCUT2D eigenvalue weighted by atomic mass is 16.5. The molecule has 2 heterocycles. The van der Waals surface area contributed by atoms with Crippen LogP contribution >= 0.6 is 0 Å². The monoisotopic (exact) mass is 288 g/mol. The van der Waals surface area contributed by atoms with Gasteiger partial charge in [0.15, 0.2) is 0 Å². The molecule has 4 heteroatoms. The van der Waals surface area contributed by atoms with Crippen molar-refractivity contribution in [3.8, 4) is 0 Å². The molecule has 21 heavy (non-hydrogen) atoms. The Kier molecular flexibility index (Phi) is 4.56. The quantitative estimate of drug-likeness (QED) is 0.835. The van der Waals surface area contributed by atoms with Gasteiger partial charge in [-0.1, -0.05) is 37.3 Å². The van der Waals surface area contributed by atoms with Gasteiger partial charge in [-0.05, 0) is 17.4 Å². The summed E-state index contributed by atoms with van der Waals surface area (Å²) in [6, 6.07) is 10.3. The van der Waals surface area contributed by atoms with Crippen molar-refractivity contribution < 1.29 is 9.53 Å². The Morgan fingerprint density at radius 1 is 1.29 bits per heavy atom. The van der Waals surface area contributed by atoms with E-state index in [1.54, 1.807) is 0 Å². The molecule has 0 aromatic heterocycles. The van der Waals surface area contributed by atoms with Gasteiger partial charge in [-0.15, -0.1) is 0 Å². The van der Waals surface area contributed by atoms with Gasteiger partial charge >= 0.3 is 0 Å². The van der Waals surface area contributed by atoms with Crippen LogP contribution in [0.25, 0.3) is 0 Å². The van der Waals surface area contributed by atoms with Crippen LogP contribution in [0.3, 0.4) is 0 Å². The van der Waals surface area contributed by atoms with Gasteiger partial charge in [0, 0.05) is 32.1 Å². The van der Waals surface area contributed by atoms with Gasteiger partial charge in [-0.25, -0.2) is 0 Å². The number of carbonyl (C=O) groups is 1. The van der Waals surface area contributed by atoms with E-state index >= 15 is 0 Å². The second kappa shape index (κ2) is 6.58. The normalized spacial score (nSPS) is 29.2. The summed E-state index contributed by atoms with van der Waals surface area (Å²) >= 11 is 0. The predicted octanol–water partition coefficient (Wildman–Crippen LogP) is 1.52. The summed E-state index contributed by atoms with van der Waals surface area (Å²) < 4.78 is 5.76. The Morgan fingerprint density at radius 2 is 2.10 bits per heavy atom. The zero-order chi connectivity index (χ0) is 14.7. The number of piperidine rings is 1. The lowest BCUT2D eigenvalue weighted by Crippen LogP contribution is -2.46. The Bertz CT molecular complexity index is 477. The number of nitrogens with one attached hydrogen (secondary N) is 1. The summed E-state index contributed by atoms with van der Waals surface area (Å²) in [7, 11) is 0. The molecule has 0 radical (unpaired) electrons. The third kappa shape index (κ3) is 3.44. The van der Waals surface area contributed by atoms with Crippen molar-refractivity contribution >= 4 is 5.91 Å². The third-order valence-electron chi connectivity index (χ3n) is 4.82. The summed E-state index contributed by atoms with van der Waals surface area (Å²) in [4.78, 5) is 14.1. The summed E-state index contributed by atoms with van der Waals surface area (Å²) in [5.41, 5.74) is 1.22. The first-order chi connectivity index (χ1) is 10.2. The van der Waals surface area contributed by atoms with Crippen molar-refractivity contribution in [3.05, 3.63) is 35.9 Å². The Hall–Kier alpha value is -1.39. The van der Waals surface area contributed by atoms with Gasteiger partial charge < -0.3 is 15.0 Å². The Balaban J connectivity index is 1.40. The maximum Gasteiger partial charge on any atom is 0.223 e. The lowest BCUT2D eigenvalue weighted by Gasteiger charge is -2.30. The van der Waals surface area contributed by atoms with E-state index in [0.29, 0.717) is 18.4 Å². The zero-order valence-electron chi connectivity index (χ0n) is 12.6. The van der Waals surface area contributed by atoms with Crippen LogP contribution in [0.2, 0.25) is 0 Å². The molecule has 1 amide bonds. The summed E-state index contributed by atoms with van der Waals surface area (Å²) in [6.45, 7) is 7.41. The van der Waals surface area contributed by atoms with Gasteiger partial charge in [0.25, 0.3) is 0 Å². The number of nitrogens with zero attached hydrogens (tertiary/aromatic N) is 1. The van der Waals surface area contributed by atoms with E-state index in [9.17, 15) is 4.79 Å². The minimum absolute atomic E-state index is 0.152. The first-order valence-electron chi connectivity index (χ1n) is 7.86. The molecule has 1 N–H and O–H groups in total. The van der Waals surface area contributed by atoms with Gasteiger partial charge in [0.05, 0.1) is 13.2 Å². The van der Waals surface area contributed by atoms with Crippen LogP contribution in [0, 0.1) is 17.8 Å². The number of amides is 1. The molecule has 114 valence electrons. The highest BCUT2D eigenvalue weighted by molar-refractivity contribution is 5.79. The van der Waals surface area contributed by atoms with Crippen LogP contribution in [0.15, 0.2) is 30.3 Å². The largest absolute Gasteiger partial charge is 0.375 e. The highest BCUT2D eigenvalue weighted by Crippen LogP contribution is 2.32. The maximum atomic E-state index is 11.7. The number of ether oxygens (including phenoxy) is 1. The number of carbonyl (C=O) groups excluding carboxylic acids is 1.